The number of hydrogen-bond acceptors (Lipinski definition) is 4. The van der Waals surface area contributed by atoms with E-state index in [1.807, 2.05) is 31.2 Å². The van der Waals surface area contributed by atoms with Crippen molar-refractivity contribution in [2.75, 3.05) is 25.5 Å². The molecule has 0 aromatic heterocycles. The van der Waals surface area contributed by atoms with Crippen molar-refractivity contribution in [3.8, 4) is 5.75 Å². The molecule has 1 amide bonds. The van der Waals surface area contributed by atoms with Gasteiger partial charge in [0.25, 0.3) is 0 Å². The molecule has 150 valence electrons. The number of aryl methyl sites for hydroxylation is 1. The van der Waals surface area contributed by atoms with E-state index in [0.717, 1.165) is 11.1 Å². The second-order valence-electron chi connectivity index (χ2n) is 7.10. The van der Waals surface area contributed by atoms with E-state index in [4.69, 9.17) is 4.74 Å². The Morgan fingerprint density at radius 2 is 1.89 bits per heavy atom. The molecule has 28 heavy (non-hydrogen) atoms. The Balaban J connectivity index is 1.65. The van der Waals surface area contributed by atoms with Crippen molar-refractivity contribution >= 4 is 21.6 Å². The van der Waals surface area contributed by atoms with Crippen molar-refractivity contribution < 1.29 is 17.9 Å². The summed E-state index contributed by atoms with van der Waals surface area (Å²) in [5.74, 6) is 0.166. The van der Waals surface area contributed by atoms with Crippen LogP contribution >= 0.6 is 0 Å². The summed E-state index contributed by atoms with van der Waals surface area (Å²) in [5.41, 5.74) is 2.43. The van der Waals surface area contributed by atoms with E-state index < -0.39 is 10.0 Å². The molecule has 1 saturated heterocycles. The van der Waals surface area contributed by atoms with Gasteiger partial charge in [0.15, 0.2) is 0 Å². The van der Waals surface area contributed by atoms with Crippen LogP contribution in [-0.2, 0) is 20.6 Å². The normalized spacial score (nSPS) is 17.9. The van der Waals surface area contributed by atoms with Crippen LogP contribution in [0.25, 0.3) is 0 Å². The van der Waals surface area contributed by atoms with Crippen molar-refractivity contribution in [2.24, 2.45) is 5.92 Å². The zero-order valence-corrected chi connectivity index (χ0v) is 17.0. The van der Waals surface area contributed by atoms with Gasteiger partial charge in [-0.3, -0.25) is 4.79 Å². The van der Waals surface area contributed by atoms with Crippen LogP contribution in [0.1, 0.15) is 24.0 Å². The minimum atomic E-state index is -3.47. The number of ether oxygens (including phenoxy) is 1. The van der Waals surface area contributed by atoms with Gasteiger partial charge in [-0.15, -0.1) is 0 Å². The molecule has 1 fully saturated rings. The van der Waals surface area contributed by atoms with Crippen molar-refractivity contribution in [1.82, 2.24) is 4.31 Å². The maximum absolute atomic E-state index is 12.9. The van der Waals surface area contributed by atoms with Crippen LogP contribution in [0, 0.1) is 12.8 Å². The highest BCUT2D eigenvalue weighted by Crippen LogP contribution is 2.24. The lowest BCUT2D eigenvalue weighted by molar-refractivity contribution is -0.120. The first-order valence-electron chi connectivity index (χ1n) is 9.36. The summed E-state index contributed by atoms with van der Waals surface area (Å²) < 4.78 is 32.3. The lowest BCUT2D eigenvalue weighted by Crippen LogP contribution is -2.44. The molecule has 3 rings (SSSR count). The molecular formula is C21H26N2O4S. The van der Waals surface area contributed by atoms with E-state index in [-0.39, 0.29) is 24.1 Å². The van der Waals surface area contributed by atoms with Crippen molar-refractivity contribution in [2.45, 2.75) is 25.5 Å². The monoisotopic (exact) mass is 402 g/mol. The molecule has 0 saturated carbocycles. The standard InChI is InChI=1S/C21H26N2O4S/c1-16-6-3-4-7-18(16)15-28(25,26)23-13-5-8-17(14-23)21(24)22-19-9-11-20(27-2)12-10-19/h3-4,6-7,9-12,17H,5,8,13-15H2,1-2H3,(H,22,24)/t17-/m1/s1. The van der Waals surface area contributed by atoms with Crippen LogP contribution < -0.4 is 10.1 Å². The highest BCUT2D eigenvalue weighted by atomic mass is 32.2. The number of nitrogens with zero attached hydrogens (tertiary/aromatic N) is 1. The minimum absolute atomic E-state index is 0.0352. The quantitative estimate of drug-likeness (QED) is 0.805. The summed E-state index contributed by atoms with van der Waals surface area (Å²) in [5, 5.41) is 2.88. The largest absolute Gasteiger partial charge is 0.497 e. The highest BCUT2D eigenvalue weighted by molar-refractivity contribution is 7.88. The van der Waals surface area contributed by atoms with E-state index in [1.165, 1.54) is 4.31 Å². The summed E-state index contributed by atoms with van der Waals surface area (Å²) in [7, 11) is -1.89. The lowest BCUT2D eigenvalue weighted by Gasteiger charge is -2.31. The summed E-state index contributed by atoms with van der Waals surface area (Å²) in [6.45, 7) is 2.59. The fourth-order valence-electron chi connectivity index (χ4n) is 3.39. The molecule has 0 bridgehead atoms. The van der Waals surface area contributed by atoms with Gasteiger partial charge in [-0.05, 0) is 55.2 Å². The molecule has 7 heteroatoms. The number of carbonyl (C=O) groups excluding carboxylic acids is 1. The van der Waals surface area contributed by atoms with E-state index >= 15 is 0 Å². The number of benzene rings is 2. The third-order valence-electron chi connectivity index (χ3n) is 5.11. The Labute approximate surface area is 166 Å². The number of amides is 1. The molecule has 2 aromatic rings. The van der Waals surface area contributed by atoms with E-state index in [9.17, 15) is 13.2 Å². The average Bonchev–Trinajstić information content (AvgIpc) is 2.70. The topological polar surface area (TPSA) is 75.7 Å². The molecule has 1 aliphatic heterocycles. The number of piperidine rings is 1. The van der Waals surface area contributed by atoms with Crippen LogP contribution in [0.15, 0.2) is 48.5 Å². The molecule has 0 unspecified atom stereocenters. The minimum Gasteiger partial charge on any atom is -0.497 e. The average molecular weight is 403 g/mol. The Morgan fingerprint density at radius 3 is 2.57 bits per heavy atom. The SMILES string of the molecule is COc1ccc(NC(=O)[C@@H]2CCCN(S(=O)(=O)Cc3ccccc3C)C2)cc1. The van der Waals surface area contributed by atoms with Crippen molar-refractivity contribution in [1.29, 1.82) is 0 Å². The van der Waals surface area contributed by atoms with Gasteiger partial charge in [-0.25, -0.2) is 12.7 Å². The summed E-state index contributed by atoms with van der Waals surface area (Å²) in [4.78, 5) is 12.6. The molecular weight excluding hydrogens is 376 g/mol. The first-order valence-corrected chi connectivity index (χ1v) is 11.0. The maximum Gasteiger partial charge on any atom is 0.228 e. The number of sulfonamides is 1. The van der Waals surface area contributed by atoms with Gasteiger partial charge in [0, 0.05) is 18.8 Å². The second-order valence-corrected chi connectivity index (χ2v) is 9.07. The van der Waals surface area contributed by atoms with Crippen LogP contribution in [0.3, 0.4) is 0 Å². The number of anilines is 1. The van der Waals surface area contributed by atoms with Gasteiger partial charge < -0.3 is 10.1 Å². The van der Waals surface area contributed by atoms with Gasteiger partial charge in [0.05, 0.1) is 18.8 Å². The van der Waals surface area contributed by atoms with Gasteiger partial charge in [-0.2, -0.15) is 0 Å². The lowest BCUT2D eigenvalue weighted by atomic mass is 9.99. The molecule has 1 N–H and O–H groups in total. The van der Waals surface area contributed by atoms with Gasteiger partial charge in [-0.1, -0.05) is 24.3 Å². The highest BCUT2D eigenvalue weighted by Gasteiger charge is 2.32. The van der Waals surface area contributed by atoms with Crippen molar-refractivity contribution in [3.63, 3.8) is 0 Å². The van der Waals surface area contributed by atoms with Gasteiger partial charge in [0.1, 0.15) is 5.75 Å². The van der Waals surface area contributed by atoms with E-state index in [2.05, 4.69) is 5.32 Å². The first-order chi connectivity index (χ1) is 13.4. The molecule has 0 radical (unpaired) electrons. The molecule has 0 spiro atoms. The Kier molecular flexibility index (Phi) is 6.36. The number of nitrogens with one attached hydrogen (secondary N) is 1. The van der Waals surface area contributed by atoms with Crippen LogP contribution in [-0.4, -0.2) is 38.8 Å². The molecule has 1 heterocycles. The van der Waals surface area contributed by atoms with E-state index in [1.54, 1.807) is 31.4 Å². The smallest absolute Gasteiger partial charge is 0.228 e. The zero-order valence-electron chi connectivity index (χ0n) is 16.2. The van der Waals surface area contributed by atoms with Crippen LogP contribution in [0.4, 0.5) is 5.69 Å². The summed E-state index contributed by atoms with van der Waals surface area (Å²) >= 11 is 0. The number of carbonyl (C=O) groups is 1. The number of rotatable bonds is 6. The second kappa shape index (κ2) is 8.75. The number of hydrogen-bond donors (Lipinski definition) is 1. The summed E-state index contributed by atoms with van der Waals surface area (Å²) in [6, 6.07) is 14.6. The Bertz CT molecular complexity index is 926. The fourth-order valence-corrected chi connectivity index (χ4v) is 5.10. The Morgan fingerprint density at radius 1 is 1.18 bits per heavy atom. The molecule has 1 aliphatic rings. The maximum atomic E-state index is 12.9. The van der Waals surface area contributed by atoms with E-state index in [0.29, 0.717) is 30.8 Å². The zero-order chi connectivity index (χ0) is 20.1. The molecule has 2 aromatic carbocycles. The predicted molar refractivity (Wildman–Crippen MR) is 110 cm³/mol. The molecule has 0 aliphatic carbocycles. The van der Waals surface area contributed by atoms with Crippen molar-refractivity contribution in [3.05, 3.63) is 59.7 Å². The predicted octanol–water partition coefficient (Wildman–Crippen LogP) is 3.18. The van der Waals surface area contributed by atoms with Crippen LogP contribution in [0.5, 0.6) is 5.75 Å². The Hall–Kier alpha value is -2.38. The number of methoxy groups -OCH3 is 1. The summed E-state index contributed by atoms with van der Waals surface area (Å²) in [6.07, 6.45) is 1.35. The third kappa shape index (κ3) is 4.91. The third-order valence-corrected chi connectivity index (χ3v) is 6.90. The fraction of sp³-hybridized carbons (Fsp3) is 0.381. The van der Waals surface area contributed by atoms with Gasteiger partial charge >= 0.3 is 0 Å². The molecule has 1 atom stereocenters. The first kappa shape index (κ1) is 20.4. The van der Waals surface area contributed by atoms with Crippen LogP contribution in [0.2, 0.25) is 0 Å². The molecule has 6 nitrogen and oxygen atoms in total. The van der Waals surface area contributed by atoms with Gasteiger partial charge in [0.2, 0.25) is 15.9 Å².